The van der Waals surface area contributed by atoms with Crippen molar-refractivity contribution in [2.45, 2.75) is 19.3 Å². The van der Waals surface area contributed by atoms with E-state index in [1.165, 1.54) is 5.56 Å². The van der Waals surface area contributed by atoms with Crippen molar-refractivity contribution in [1.29, 1.82) is 0 Å². The summed E-state index contributed by atoms with van der Waals surface area (Å²) < 4.78 is 10.7. The average molecular weight is 340 g/mol. The quantitative estimate of drug-likeness (QED) is 0.811. The number of amides is 1. The lowest BCUT2D eigenvalue weighted by Crippen LogP contribution is -2.42. The third-order valence-electron chi connectivity index (χ3n) is 4.54. The van der Waals surface area contributed by atoms with Crippen LogP contribution in [0.5, 0.6) is 11.5 Å². The first-order chi connectivity index (χ1) is 12.2. The standard InChI is InChI=1S/C20H24N2O3/c1-24-18-6-8-19(9-7-18)25-15-20(23)22-11-3-5-17(14-22)12-16-4-2-10-21-13-16/h2,4,6-10,13,17H,3,5,11-12,14-15H2,1H3/t17-/m0/s1. The van der Waals surface area contributed by atoms with Crippen molar-refractivity contribution in [3.05, 3.63) is 54.4 Å². The Morgan fingerprint density at radius 2 is 2.04 bits per heavy atom. The van der Waals surface area contributed by atoms with Crippen LogP contribution in [0.15, 0.2) is 48.8 Å². The summed E-state index contributed by atoms with van der Waals surface area (Å²) >= 11 is 0. The number of hydrogen-bond acceptors (Lipinski definition) is 4. The molecule has 0 unspecified atom stereocenters. The maximum absolute atomic E-state index is 12.5. The summed E-state index contributed by atoms with van der Waals surface area (Å²) in [5.41, 5.74) is 1.23. The minimum Gasteiger partial charge on any atom is -0.497 e. The smallest absolute Gasteiger partial charge is 0.260 e. The van der Waals surface area contributed by atoms with E-state index in [-0.39, 0.29) is 12.5 Å². The lowest BCUT2D eigenvalue weighted by Gasteiger charge is -2.32. The molecule has 1 aromatic heterocycles. The molecule has 0 radical (unpaired) electrons. The molecule has 0 saturated carbocycles. The molecule has 5 heteroatoms. The number of likely N-dealkylation sites (tertiary alicyclic amines) is 1. The van der Waals surface area contributed by atoms with Gasteiger partial charge in [-0.1, -0.05) is 6.07 Å². The molecule has 1 atom stereocenters. The number of aromatic nitrogens is 1. The third-order valence-corrected chi connectivity index (χ3v) is 4.54. The summed E-state index contributed by atoms with van der Waals surface area (Å²) in [7, 11) is 1.62. The van der Waals surface area contributed by atoms with Gasteiger partial charge in [0.2, 0.25) is 0 Å². The molecule has 0 bridgehead atoms. The first kappa shape index (κ1) is 17.3. The van der Waals surface area contributed by atoms with Crippen molar-refractivity contribution in [2.24, 2.45) is 5.92 Å². The van der Waals surface area contributed by atoms with Gasteiger partial charge in [-0.25, -0.2) is 0 Å². The fourth-order valence-corrected chi connectivity index (χ4v) is 3.22. The van der Waals surface area contributed by atoms with Crippen LogP contribution in [-0.2, 0) is 11.2 Å². The van der Waals surface area contributed by atoms with Gasteiger partial charge in [0.1, 0.15) is 11.5 Å². The van der Waals surface area contributed by atoms with Crippen molar-refractivity contribution in [3.63, 3.8) is 0 Å². The first-order valence-electron chi connectivity index (χ1n) is 8.68. The van der Waals surface area contributed by atoms with Gasteiger partial charge in [-0.05, 0) is 61.1 Å². The highest BCUT2D eigenvalue weighted by atomic mass is 16.5. The third kappa shape index (κ3) is 4.95. The van der Waals surface area contributed by atoms with Gasteiger partial charge in [0.15, 0.2) is 6.61 Å². The zero-order chi connectivity index (χ0) is 17.5. The molecule has 1 aromatic carbocycles. The lowest BCUT2D eigenvalue weighted by atomic mass is 9.92. The summed E-state index contributed by atoms with van der Waals surface area (Å²) in [5, 5.41) is 0. The number of benzene rings is 1. The SMILES string of the molecule is COc1ccc(OCC(=O)N2CCC[C@@H](Cc3cccnc3)C2)cc1. The Balaban J connectivity index is 1.49. The van der Waals surface area contributed by atoms with E-state index in [1.807, 2.05) is 41.4 Å². The van der Waals surface area contributed by atoms with Gasteiger partial charge < -0.3 is 14.4 Å². The monoisotopic (exact) mass is 340 g/mol. The van der Waals surface area contributed by atoms with Crippen molar-refractivity contribution in [1.82, 2.24) is 9.88 Å². The second-order valence-electron chi connectivity index (χ2n) is 6.38. The zero-order valence-electron chi connectivity index (χ0n) is 14.6. The highest BCUT2D eigenvalue weighted by molar-refractivity contribution is 5.77. The second-order valence-corrected chi connectivity index (χ2v) is 6.38. The molecule has 1 aliphatic rings. The van der Waals surface area contributed by atoms with E-state index in [0.29, 0.717) is 11.7 Å². The molecule has 0 N–H and O–H groups in total. The number of ether oxygens (including phenoxy) is 2. The molecular weight excluding hydrogens is 316 g/mol. The van der Waals surface area contributed by atoms with E-state index in [4.69, 9.17) is 9.47 Å². The van der Waals surface area contributed by atoms with E-state index < -0.39 is 0 Å². The summed E-state index contributed by atoms with van der Waals surface area (Å²) in [6, 6.07) is 11.3. The molecule has 1 fully saturated rings. The molecule has 1 saturated heterocycles. The summed E-state index contributed by atoms with van der Waals surface area (Å²) in [6.45, 7) is 1.68. The van der Waals surface area contributed by atoms with E-state index in [0.717, 1.165) is 38.1 Å². The minimum absolute atomic E-state index is 0.0479. The normalized spacial score (nSPS) is 17.2. The predicted molar refractivity (Wildman–Crippen MR) is 95.7 cm³/mol. The summed E-state index contributed by atoms with van der Waals surface area (Å²) in [4.78, 5) is 18.6. The topological polar surface area (TPSA) is 51.7 Å². The summed E-state index contributed by atoms with van der Waals surface area (Å²) in [5.74, 6) is 1.99. The number of nitrogens with zero attached hydrogens (tertiary/aromatic N) is 2. The highest BCUT2D eigenvalue weighted by Crippen LogP contribution is 2.21. The number of carbonyl (C=O) groups is 1. The Bertz CT molecular complexity index is 673. The number of methoxy groups -OCH3 is 1. The molecule has 25 heavy (non-hydrogen) atoms. The van der Waals surface area contributed by atoms with E-state index in [9.17, 15) is 4.79 Å². The Morgan fingerprint density at radius 3 is 2.76 bits per heavy atom. The number of rotatable bonds is 6. The maximum atomic E-state index is 12.5. The minimum atomic E-state index is 0.0479. The predicted octanol–water partition coefficient (Wildman–Crippen LogP) is 2.95. The Labute approximate surface area is 148 Å². The van der Waals surface area contributed by atoms with E-state index >= 15 is 0 Å². The van der Waals surface area contributed by atoms with Gasteiger partial charge in [-0.3, -0.25) is 9.78 Å². The fourth-order valence-electron chi connectivity index (χ4n) is 3.22. The van der Waals surface area contributed by atoms with Crippen LogP contribution >= 0.6 is 0 Å². The van der Waals surface area contributed by atoms with Gasteiger partial charge >= 0.3 is 0 Å². The number of hydrogen-bond donors (Lipinski definition) is 0. The second kappa shape index (κ2) is 8.51. The Kier molecular flexibility index (Phi) is 5.88. The van der Waals surface area contributed by atoms with Crippen LogP contribution in [0.25, 0.3) is 0 Å². The van der Waals surface area contributed by atoms with Crippen LogP contribution in [0.1, 0.15) is 18.4 Å². The molecular formula is C20H24N2O3. The maximum Gasteiger partial charge on any atom is 0.260 e. The van der Waals surface area contributed by atoms with Crippen molar-refractivity contribution in [2.75, 3.05) is 26.8 Å². The van der Waals surface area contributed by atoms with Crippen LogP contribution in [-0.4, -0.2) is 42.6 Å². The molecule has 2 heterocycles. The van der Waals surface area contributed by atoms with Crippen LogP contribution in [0.3, 0.4) is 0 Å². The molecule has 0 aliphatic carbocycles. The van der Waals surface area contributed by atoms with Crippen LogP contribution in [0.4, 0.5) is 0 Å². The van der Waals surface area contributed by atoms with Crippen LogP contribution in [0.2, 0.25) is 0 Å². The van der Waals surface area contributed by atoms with Gasteiger partial charge in [0.05, 0.1) is 7.11 Å². The Hall–Kier alpha value is -2.56. The molecule has 132 valence electrons. The van der Waals surface area contributed by atoms with Gasteiger partial charge in [-0.2, -0.15) is 0 Å². The summed E-state index contributed by atoms with van der Waals surface area (Å²) in [6.07, 6.45) is 6.86. The molecule has 1 aliphatic heterocycles. The molecule has 2 aromatic rings. The molecule has 3 rings (SSSR count). The zero-order valence-corrected chi connectivity index (χ0v) is 14.6. The van der Waals surface area contributed by atoms with Gasteiger partial charge in [-0.15, -0.1) is 0 Å². The largest absolute Gasteiger partial charge is 0.497 e. The van der Waals surface area contributed by atoms with Crippen molar-refractivity contribution < 1.29 is 14.3 Å². The Morgan fingerprint density at radius 1 is 1.24 bits per heavy atom. The molecule has 1 amide bonds. The van der Waals surface area contributed by atoms with Crippen LogP contribution < -0.4 is 9.47 Å². The van der Waals surface area contributed by atoms with Crippen molar-refractivity contribution >= 4 is 5.91 Å². The van der Waals surface area contributed by atoms with Crippen LogP contribution in [0, 0.1) is 5.92 Å². The highest BCUT2D eigenvalue weighted by Gasteiger charge is 2.24. The van der Waals surface area contributed by atoms with Crippen molar-refractivity contribution in [3.8, 4) is 11.5 Å². The van der Waals surface area contributed by atoms with Gasteiger partial charge in [0, 0.05) is 25.5 Å². The van der Waals surface area contributed by atoms with E-state index in [1.54, 1.807) is 13.3 Å². The molecule has 0 spiro atoms. The fraction of sp³-hybridized carbons (Fsp3) is 0.400. The van der Waals surface area contributed by atoms with Gasteiger partial charge in [0.25, 0.3) is 5.91 Å². The first-order valence-corrected chi connectivity index (χ1v) is 8.68. The molecule has 5 nitrogen and oxygen atoms in total. The number of piperidine rings is 1. The average Bonchev–Trinajstić information content (AvgIpc) is 2.67. The lowest BCUT2D eigenvalue weighted by molar-refractivity contribution is -0.135. The number of pyridine rings is 1. The number of carbonyl (C=O) groups excluding carboxylic acids is 1. The van der Waals surface area contributed by atoms with E-state index in [2.05, 4.69) is 11.1 Å².